The highest BCUT2D eigenvalue weighted by Crippen LogP contribution is 2.28. The van der Waals surface area contributed by atoms with Crippen molar-refractivity contribution in [1.82, 2.24) is 10.0 Å². The summed E-state index contributed by atoms with van der Waals surface area (Å²) in [4.78, 5) is 0. The fourth-order valence-corrected chi connectivity index (χ4v) is 3.86. The van der Waals surface area contributed by atoms with Gasteiger partial charge in [0.15, 0.2) is 0 Å². The van der Waals surface area contributed by atoms with E-state index in [-0.39, 0.29) is 11.3 Å². The van der Waals surface area contributed by atoms with Gasteiger partial charge in [-0.2, -0.15) is 0 Å². The SMILES string of the molecule is O=S(=O)(NCC1NCCc2ccccc21)C1CC1. The third-order valence-corrected chi connectivity index (χ3v) is 5.59. The monoisotopic (exact) mass is 266 g/mol. The molecule has 4 nitrogen and oxygen atoms in total. The van der Waals surface area contributed by atoms with Crippen LogP contribution in [0.1, 0.15) is 30.0 Å². The van der Waals surface area contributed by atoms with E-state index in [1.54, 1.807) is 0 Å². The van der Waals surface area contributed by atoms with E-state index < -0.39 is 10.0 Å². The van der Waals surface area contributed by atoms with E-state index in [0.29, 0.717) is 6.54 Å². The highest BCUT2D eigenvalue weighted by Gasteiger charge is 2.36. The maximum absolute atomic E-state index is 11.8. The second kappa shape index (κ2) is 4.64. The van der Waals surface area contributed by atoms with Gasteiger partial charge < -0.3 is 5.32 Å². The molecule has 1 aromatic rings. The fraction of sp³-hybridized carbons (Fsp3) is 0.538. The molecule has 0 amide bonds. The molecule has 1 fully saturated rings. The average Bonchev–Trinajstić information content (AvgIpc) is 3.21. The van der Waals surface area contributed by atoms with Crippen molar-refractivity contribution >= 4 is 10.0 Å². The highest BCUT2D eigenvalue weighted by atomic mass is 32.2. The number of fused-ring (bicyclic) bond motifs is 1. The van der Waals surface area contributed by atoms with Crippen LogP contribution in [-0.2, 0) is 16.4 Å². The maximum atomic E-state index is 11.8. The molecule has 1 unspecified atom stereocenters. The number of nitrogens with one attached hydrogen (secondary N) is 2. The van der Waals surface area contributed by atoms with Gasteiger partial charge in [0.1, 0.15) is 0 Å². The molecule has 5 heteroatoms. The van der Waals surface area contributed by atoms with E-state index in [1.165, 1.54) is 11.1 Å². The second-order valence-corrected chi connectivity index (χ2v) is 7.09. The standard InChI is InChI=1S/C13H18N2O2S/c16-18(17,11-5-6-11)15-9-13-12-4-2-1-3-10(12)7-8-14-13/h1-4,11,13-15H,5-9H2. The summed E-state index contributed by atoms with van der Waals surface area (Å²) in [5.74, 6) is 0. The predicted molar refractivity (Wildman–Crippen MR) is 70.8 cm³/mol. The number of sulfonamides is 1. The van der Waals surface area contributed by atoms with Crippen molar-refractivity contribution in [3.8, 4) is 0 Å². The molecule has 2 N–H and O–H groups in total. The molecule has 0 saturated heterocycles. The largest absolute Gasteiger partial charge is 0.308 e. The Morgan fingerprint density at radius 3 is 2.83 bits per heavy atom. The van der Waals surface area contributed by atoms with Gasteiger partial charge >= 0.3 is 0 Å². The van der Waals surface area contributed by atoms with Crippen LogP contribution >= 0.6 is 0 Å². The van der Waals surface area contributed by atoms with Crippen LogP contribution in [0, 0.1) is 0 Å². The number of benzene rings is 1. The Kier molecular flexibility index (Phi) is 3.13. The number of hydrogen-bond donors (Lipinski definition) is 2. The fourth-order valence-electron chi connectivity index (χ4n) is 2.47. The van der Waals surface area contributed by atoms with Crippen LogP contribution in [0.4, 0.5) is 0 Å². The summed E-state index contributed by atoms with van der Waals surface area (Å²) in [6.07, 6.45) is 2.63. The molecule has 1 aliphatic carbocycles. The topological polar surface area (TPSA) is 58.2 Å². The summed E-state index contributed by atoms with van der Waals surface area (Å²) in [6.45, 7) is 1.36. The molecule has 1 atom stereocenters. The first-order valence-corrected chi connectivity index (χ1v) is 8.01. The normalized spacial score (nSPS) is 23.7. The molecule has 1 heterocycles. The first-order chi connectivity index (χ1) is 8.67. The summed E-state index contributed by atoms with van der Waals surface area (Å²) in [5, 5.41) is 3.24. The third kappa shape index (κ3) is 2.43. The van der Waals surface area contributed by atoms with E-state index in [0.717, 1.165) is 25.8 Å². The van der Waals surface area contributed by atoms with Crippen LogP contribution in [-0.4, -0.2) is 26.8 Å². The molecule has 0 bridgehead atoms. The van der Waals surface area contributed by atoms with Gasteiger partial charge in [-0.25, -0.2) is 13.1 Å². The van der Waals surface area contributed by atoms with E-state index in [4.69, 9.17) is 0 Å². The Balaban J connectivity index is 1.71. The van der Waals surface area contributed by atoms with Gasteiger partial charge in [-0.1, -0.05) is 24.3 Å². The Hall–Kier alpha value is -0.910. The zero-order valence-electron chi connectivity index (χ0n) is 10.2. The van der Waals surface area contributed by atoms with Crippen LogP contribution in [0.5, 0.6) is 0 Å². The zero-order chi connectivity index (χ0) is 12.6. The molecule has 18 heavy (non-hydrogen) atoms. The molecule has 0 aromatic heterocycles. The van der Waals surface area contributed by atoms with Gasteiger partial charge in [-0.3, -0.25) is 0 Å². The van der Waals surface area contributed by atoms with Crippen molar-refractivity contribution in [2.45, 2.75) is 30.6 Å². The van der Waals surface area contributed by atoms with Crippen molar-refractivity contribution in [3.05, 3.63) is 35.4 Å². The van der Waals surface area contributed by atoms with Gasteiger partial charge in [-0.15, -0.1) is 0 Å². The molecule has 3 rings (SSSR count). The van der Waals surface area contributed by atoms with Crippen LogP contribution in [0.2, 0.25) is 0 Å². The van der Waals surface area contributed by atoms with Crippen molar-refractivity contribution in [2.75, 3.05) is 13.1 Å². The lowest BCUT2D eigenvalue weighted by molar-refractivity contribution is 0.491. The maximum Gasteiger partial charge on any atom is 0.214 e. The minimum Gasteiger partial charge on any atom is -0.308 e. The van der Waals surface area contributed by atoms with Gasteiger partial charge in [-0.05, 0) is 36.9 Å². The number of hydrogen-bond acceptors (Lipinski definition) is 3. The Bertz CT molecular complexity index is 538. The van der Waals surface area contributed by atoms with Gasteiger partial charge in [0, 0.05) is 12.6 Å². The second-order valence-electron chi connectivity index (χ2n) is 5.05. The molecule has 1 aliphatic heterocycles. The zero-order valence-corrected chi connectivity index (χ0v) is 11.0. The smallest absolute Gasteiger partial charge is 0.214 e. The average molecular weight is 266 g/mol. The molecular weight excluding hydrogens is 248 g/mol. The minimum atomic E-state index is -3.08. The van der Waals surface area contributed by atoms with Gasteiger partial charge in [0.2, 0.25) is 10.0 Å². The van der Waals surface area contributed by atoms with Crippen molar-refractivity contribution in [1.29, 1.82) is 0 Å². The van der Waals surface area contributed by atoms with Crippen LogP contribution in [0.3, 0.4) is 0 Å². The molecule has 98 valence electrons. The van der Waals surface area contributed by atoms with Crippen LogP contribution in [0.15, 0.2) is 24.3 Å². The number of rotatable bonds is 4. The lowest BCUT2D eigenvalue weighted by Crippen LogP contribution is -2.39. The molecular formula is C13H18N2O2S. The van der Waals surface area contributed by atoms with Crippen LogP contribution in [0.25, 0.3) is 0 Å². The molecule has 0 radical (unpaired) electrons. The van der Waals surface area contributed by atoms with Crippen molar-refractivity contribution < 1.29 is 8.42 Å². The first-order valence-electron chi connectivity index (χ1n) is 6.46. The summed E-state index contributed by atoms with van der Waals surface area (Å²) in [6, 6.07) is 8.35. The van der Waals surface area contributed by atoms with Gasteiger partial charge in [0.05, 0.1) is 5.25 Å². The summed E-state index contributed by atoms with van der Waals surface area (Å²) in [5.41, 5.74) is 2.55. The van der Waals surface area contributed by atoms with Gasteiger partial charge in [0.25, 0.3) is 0 Å². The quantitative estimate of drug-likeness (QED) is 0.853. The predicted octanol–water partition coefficient (Wildman–Crippen LogP) is 0.955. The summed E-state index contributed by atoms with van der Waals surface area (Å²) in [7, 11) is -3.08. The van der Waals surface area contributed by atoms with E-state index in [2.05, 4.69) is 22.2 Å². The minimum absolute atomic E-state index is 0.100. The third-order valence-electron chi connectivity index (χ3n) is 3.67. The lowest BCUT2D eigenvalue weighted by atomic mass is 9.95. The molecule has 1 aromatic carbocycles. The molecule has 0 spiro atoms. The summed E-state index contributed by atoms with van der Waals surface area (Å²) >= 11 is 0. The van der Waals surface area contributed by atoms with Crippen LogP contribution < -0.4 is 10.0 Å². The Labute approximate surface area is 108 Å². The molecule has 1 saturated carbocycles. The Morgan fingerprint density at radius 2 is 2.06 bits per heavy atom. The van der Waals surface area contributed by atoms with E-state index in [9.17, 15) is 8.42 Å². The summed E-state index contributed by atoms with van der Waals surface area (Å²) < 4.78 is 26.4. The lowest BCUT2D eigenvalue weighted by Gasteiger charge is -2.27. The van der Waals surface area contributed by atoms with E-state index in [1.807, 2.05) is 12.1 Å². The Morgan fingerprint density at radius 1 is 1.28 bits per heavy atom. The van der Waals surface area contributed by atoms with Crippen molar-refractivity contribution in [2.24, 2.45) is 0 Å². The highest BCUT2D eigenvalue weighted by molar-refractivity contribution is 7.90. The van der Waals surface area contributed by atoms with Crippen molar-refractivity contribution in [3.63, 3.8) is 0 Å². The molecule has 2 aliphatic rings. The van der Waals surface area contributed by atoms with E-state index >= 15 is 0 Å². The first kappa shape index (κ1) is 12.1.